The highest BCUT2D eigenvalue weighted by Gasteiger charge is 2.60. The Morgan fingerprint density at radius 2 is 0.960 bits per heavy atom. The minimum atomic E-state index is -2.33. The number of hydrogen-bond donors (Lipinski definition) is 0. The summed E-state index contributed by atoms with van der Waals surface area (Å²) in [6.07, 6.45) is 0. The van der Waals surface area contributed by atoms with E-state index in [-0.39, 0.29) is 0 Å². The first kappa shape index (κ1) is 19.7. The Morgan fingerprint density at radius 3 is 1.28 bits per heavy atom. The predicted octanol–water partition coefficient (Wildman–Crippen LogP) is 4.93. The fourth-order valence-electron chi connectivity index (χ4n) is 4.87. The van der Waals surface area contributed by atoms with Crippen LogP contribution in [0.2, 0.25) is 19.6 Å². The first-order valence-corrected chi connectivity index (χ1v) is 15.5. The van der Waals surface area contributed by atoms with Crippen LogP contribution >= 0.6 is 0 Å². The Kier molecular flexibility index (Phi) is 5.19. The minimum absolute atomic E-state index is 1.29. The van der Waals surface area contributed by atoms with Gasteiger partial charge in [-0.15, -0.1) is 0 Å². The van der Waals surface area contributed by atoms with Crippen molar-refractivity contribution in [1.29, 1.82) is 0 Å². The summed E-state index contributed by atoms with van der Waals surface area (Å²) in [6.45, 7) is 28.6. The van der Waals surface area contributed by atoms with Gasteiger partial charge in [-0.2, -0.15) is 0 Å². The molecule has 0 saturated heterocycles. The van der Waals surface area contributed by atoms with Gasteiger partial charge in [0.2, 0.25) is 0 Å². The van der Waals surface area contributed by atoms with E-state index in [0.717, 1.165) is 0 Å². The van der Waals surface area contributed by atoms with Crippen molar-refractivity contribution in [2.24, 2.45) is 0 Å². The van der Waals surface area contributed by atoms with E-state index in [1.807, 2.05) is 0 Å². The first-order valence-electron chi connectivity index (χ1n) is 9.01. The molecule has 0 N–H and O–H groups in total. The van der Waals surface area contributed by atoms with Crippen molar-refractivity contribution in [3.8, 4) is 0 Å². The van der Waals surface area contributed by atoms with Gasteiger partial charge in [0.1, 0.15) is 0 Å². The summed E-state index contributed by atoms with van der Waals surface area (Å²) in [4.78, 5) is 0. The number of nitrogens with zero attached hydrogens (tertiary/aromatic N) is 1. The van der Waals surface area contributed by atoms with Crippen molar-refractivity contribution >= 4 is 25.7 Å². The average molecular weight is 366 g/mol. The van der Waals surface area contributed by atoms with E-state index in [1.165, 1.54) is 43.8 Å². The molecule has 0 radical (unpaired) electrons. The lowest BCUT2D eigenvalue weighted by molar-refractivity contribution is 1.34. The van der Waals surface area contributed by atoms with Gasteiger partial charge in [-0.25, -0.2) is 0 Å². The summed E-state index contributed by atoms with van der Waals surface area (Å²) in [5.41, 5.74) is 7.98. The molecule has 25 heavy (non-hydrogen) atoms. The molecule has 2 aromatic carbocycles. The quantitative estimate of drug-likeness (QED) is 0.536. The van der Waals surface area contributed by atoms with Gasteiger partial charge in [0.25, 0.3) is 0 Å². The number of benzene rings is 2. The minimum Gasteiger partial charge on any atom is -0.411 e. The van der Waals surface area contributed by atoms with E-state index in [4.69, 9.17) is 6.57 Å². The molecule has 0 bridgehead atoms. The zero-order valence-corrected chi connectivity index (χ0v) is 19.3. The molecule has 3 heteroatoms. The van der Waals surface area contributed by atoms with Crippen molar-refractivity contribution in [2.75, 3.05) is 0 Å². The lowest BCUT2D eigenvalue weighted by Gasteiger charge is -2.34. The van der Waals surface area contributed by atoms with Crippen molar-refractivity contribution < 1.29 is 0 Å². The molecular formula is C22H31NSi2. The van der Waals surface area contributed by atoms with Gasteiger partial charge in [-0.05, 0) is 57.9 Å². The Labute approximate surface area is 155 Å². The molecule has 132 valence electrons. The zero-order chi connectivity index (χ0) is 19.2. The Hall–Kier alpha value is -1.64. The third-order valence-corrected chi connectivity index (χ3v) is 21.7. The second-order valence-electron chi connectivity index (χ2n) is 8.36. The highest BCUT2D eigenvalue weighted by Crippen LogP contribution is 2.27. The van der Waals surface area contributed by atoms with Crippen LogP contribution < -0.4 is 10.4 Å². The fourth-order valence-corrected chi connectivity index (χ4v) is 16.7. The number of rotatable bonds is 3. The van der Waals surface area contributed by atoms with Gasteiger partial charge in [-0.1, -0.05) is 59.6 Å². The Bertz CT molecular complexity index is 828. The number of hydrogen-bond acceptors (Lipinski definition) is 0. The van der Waals surface area contributed by atoms with Crippen LogP contribution in [0.1, 0.15) is 33.4 Å². The summed E-state index contributed by atoms with van der Waals surface area (Å²) in [6, 6.07) is 9.12. The van der Waals surface area contributed by atoms with Crippen molar-refractivity contribution in [2.45, 2.75) is 61.2 Å². The predicted molar refractivity (Wildman–Crippen MR) is 116 cm³/mol. The highest BCUT2D eigenvalue weighted by molar-refractivity contribution is 7.51. The van der Waals surface area contributed by atoms with Gasteiger partial charge < -0.3 is 4.51 Å². The van der Waals surface area contributed by atoms with Gasteiger partial charge in [0, 0.05) is 11.7 Å². The molecule has 1 nitrogen and oxygen atoms in total. The molecule has 2 aromatic rings. The summed E-state index contributed by atoms with van der Waals surface area (Å²) in [5, 5.41) is 2.88. The lowest BCUT2D eigenvalue weighted by Crippen LogP contribution is -2.71. The molecule has 0 fully saturated rings. The van der Waals surface area contributed by atoms with Crippen LogP contribution in [0.3, 0.4) is 0 Å². The maximum absolute atomic E-state index is 8.25. The van der Waals surface area contributed by atoms with Crippen LogP contribution in [0.25, 0.3) is 4.51 Å². The van der Waals surface area contributed by atoms with Crippen LogP contribution in [0.15, 0.2) is 24.3 Å². The monoisotopic (exact) mass is 365 g/mol. The average Bonchev–Trinajstić information content (AvgIpc) is 2.43. The van der Waals surface area contributed by atoms with E-state index in [2.05, 4.69) is 90.0 Å². The molecule has 0 spiro atoms. The lowest BCUT2D eigenvalue weighted by atomic mass is 10.1. The molecule has 1 atom stereocenters. The van der Waals surface area contributed by atoms with Crippen molar-refractivity contribution in [3.05, 3.63) is 68.7 Å². The van der Waals surface area contributed by atoms with E-state index in [1.54, 1.807) is 0 Å². The molecule has 0 heterocycles. The van der Waals surface area contributed by atoms with Gasteiger partial charge in [0.05, 0.1) is 0 Å². The molecule has 0 aliphatic heterocycles. The Balaban J connectivity index is 2.82. The second kappa shape index (κ2) is 6.59. The van der Waals surface area contributed by atoms with Crippen LogP contribution in [0, 0.1) is 48.1 Å². The number of aryl methyl sites for hydroxylation is 6. The summed E-state index contributed by atoms with van der Waals surface area (Å²) >= 11 is 0. The summed E-state index contributed by atoms with van der Waals surface area (Å²) in [7, 11) is -4.31. The standard InChI is InChI=1S/C22H31NSi2/c1-15-11-17(3)21(18(4)12-15)24(8,9)25(10,23-7)22-19(5)13-16(2)14-20(22)6/h11-14H,1-6,8-10H3. The van der Waals surface area contributed by atoms with E-state index in [0.29, 0.717) is 0 Å². The molecular weight excluding hydrogens is 334 g/mol. The Morgan fingerprint density at radius 1 is 0.640 bits per heavy atom. The SMILES string of the molecule is [C-]#[N+][Si](C)(c1c(C)cc(C)cc1C)[Si](C)(C)c1c(C)cc(C)cc1C. The van der Waals surface area contributed by atoms with Crippen molar-refractivity contribution in [1.82, 2.24) is 0 Å². The van der Waals surface area contributed by atoms with Crippen LogP contribution in [0.5, 0.6) is 0 Å². The topological polar surface area (TPSA) is 4.36 Å². The molecule has 0 amide bonds. The molecule has 0 saturated carbocycles. The van der Waals surface area contributed by atoms with E-state index in [9.17, 15) is 0 Å². The first-order chi connectivity index (χ1) is 11.5. The van der Waals surface area contributed by atoms with Gasteiger partial charge >= 0.3 is 7.75 Å². The smallest absolute Gasteiger partial charge is 0.411 e. The summed E-state index contributed by atoms with van der Waals surface area (Å²) < 4.78 is 4.44. The zero-order valence-electron chi connectivity index (χ0n) is 17.3. The van der Waals surface area contributed by atoms with E-state index >= 15 is 0 Å². The third-order valence-electron chi connectivity index (χ3n) is 5.91. The summed E-state index contributed by atoms with van der Waals surface area (Å²) in [5.74, 6) is 0. The maximum Gasteiger partial charge on any atom is 0.449 e. The van der Waals surface area contributed by atoms with E-state index < -0.39 is 15.3 Å². The van der Waals surface area contributed by atoms with Crippen LogP contribution in [-0.2, 0) is 0 Å². The highest BCUT2D eigenvalue weighted by atomic mass is 29.3. The molecule has 0 aliphatic carbocycles. The molecule has 1 unspecified atom stereocenters. The maximum atomic E-state index is 8.25. The fraction of sp³-hybridized carbons (Fsp3) is 0.409. The largest absolute Gasteiger partial charge is 0.449 e. The molecule has 2 rings (SSSR count). The van der Waals surface area contributed by atoms with Crippen molar-refractivity contribution in [3.63, 3.8) is 0 Å². The van der Waals surface area contributed by atoms with Crippen LogP contribution in [0.4, 0.5) is 0 Å². The second-order valence-corrected chi connectivity index (χ2v) is 21.6. The van der Waals surface area contributed by atoms with Gasteiger partial charge in [-0.3, -0.25) is 6.57 Å². The third kappa shape index (κ3) is 3.14. The molecule has 0 aliphatic rings. The van der Waals surface area contributed by atoms with Crippen LogP contribution in [-0.4, -0.2) is 15.3 Å². The normalized spacial score (nSPS) is 14.1. The molecule has 0 aromatic heterocycles. The van der Waals surface area contributed by atoms with Gasteiger partial charge in [0.15, 0.2) is 7.59 Å².